The first-order chi connectivity index (χ1) is 18.0. The molecular formula is C30H38ClN5O2. The molecule has 1 amide bonds. The minimum atomic E-state index is -0.297. The average molecular weight is 536 g/mol. The van der Waals surface area contributed by atoms with Crippen LogP contribution in [0, 0.1) is 22.2 Å². The number of hydrogen-bond donors (Lipinski definition) is 1. The summed E-state index contributed by atoms with van der Waals surface area (Å²) < 4.78 is 6.34. The van der Waals surface area contributed by atoms with Crippen LogP contribution < -0.4 is 15.0 Å². The van der Waals surface area contributed by atoms with Gasteiger partial charge < -0.3 is 19.9 Å². The van der Waals surface area contributed by atoms with Gasteiger partial charge in [-0.2, -0.15) is 5.26 Å². The van der Waals surface area contributed by atoms with Gasteiger partial charge in [-0.25, -0.2) is 0 Å². The van der Waals surface area contributed by atoms with Crippen molar-refractivity contribution in [3.05, 3.63) is 58.6 Å². The van der Waals surface area contributed by atoms with Gasteiger partial charge in [0.25, 0.3) is 5.91 Å². The van der Waals surface area contributed by atoms with Crippen molar-refractivity contribution in [2.75, 3.05) is 51.2 Å². The lowest BCUT2D eigenvalue weighted by Crippen LogP contribution is -2.74. The zero-order valence-electron chi connectivity index (χ0n) is 23.0. The molecule has 3 fully saturated rings. The number of halogens is 1. The van der Waals surface area contributed by atoms with E-state index in [4.69, 9.17) is 21.6 Å². The summed E-state index contributed by atoms with van der Waals surface area (Å²) in [5.41, 5.74) is 1.67. The molecule has 8 heteroatoms. The van der Waals surface area contributed by atoms with Crippen molar-refractivity contribution in [1.29, 1.82) is 5.26 Å². The Kier molecular flexibility index (Phi) is 7.10. The number of piperazine rings is 1. The van der Waals surface area contributed by atoms with Gasteiger partial charge in [0.2, 0.25) is 0 Å². The van der Waals surface area contributed by atoms with E-state index in [-0.39, 0.29) is 28.9 Å². The summed E-state index contributed by atoms with van der Waals surface area (Å²) in [6.07, 6.45) is -0.134. The second-order valence-corrected chi connectivity index (χ2v) is 12.7. The molecule has 0 spiro atoms. The van der Waals surface area contributed by atoms with Crippen molar-refractivity contribution in [3.63, 3.8) is 0 Å². The molecular weight excluding hydrogens is 498 g/mol. The van der Waals surface area contributed by atoms with Gasteiger partial charge >= 0.3 is 0 Å². The molecule has 7 nitrogen and oxygen atoms in total. The Bertz CT molecular complexity index is 1210. The minimum Gasteiger partial charge on any atom is -0.489 e. The van der Waals surface area contributed by atoms with E-state index >= 15 is 0 Å². The van der Waals surface area contributed by atoms with Crippen molar-refractivity contribution in [2.24, 2.45) is 10.8 Å². The van der Waals surface area contributed by atoms with Crippen molar-refractivity contribution in [3.8, 4) is 11.8 Å². The van der Waals surface area contributed by atoms with Crippen LogP contribution in [0.1, 0.15) is 43.6 Å². The van der Waals surface area contributed by atoms with E-state index in [1.54, 1.807) is 18.2 Å². The van der Waals surface area contributed by atoms with E-state index in [9.17, 15) is 4.79 Å². The second-order valence-electron chi connectivity index (χ2n) is 12.2. The van der Waals surface area contributed by atoms with E-state index in [0.29, 0.717) is 27.9 Å². The summed E-state index contributed by atoms with van der Waals surface area (Å²) in [5.74, 6) is 0.558. The Morgan fingerprint density at radius 1 is 1.03 bits per heavy atom. The van der Waals surface area contributed by atoms with Crippen molar-refractivity contribution >= 4 is 23.2 Å². The lowest BCUT2D eigenvalue weighted by molar-refractivity contribution is -0.164. The Labute approximate surface area is 231 Å². The number of nitrogens with one attached hydrogen (secondary N) is 1. The molecule has 1 aliphatic carbocycles. The molecule has 2 heterocycles. The monoisotopic (exact) mass is 535 g/mol. The molecule has 2 aliphatic heterocycles. The van der Waals surface area contributed by atoms with Crippen LogP contribution in [0.4, 0.5) is 5.69 Å². The third-order valence-corrected chi connectivity index (χ3v) is 9.11. The predicted octanol–water partition coefficient (Wildman–Crippen LogP) is 4.26. The largest absolute Gasteiger partial charge is 0.489 e. The van der Waals surface area contributed by atoms with Gasteiger partial charge in [-0.1, -0.05) is 39.3 Å². The van der Waals surface area contributed by atoms with Crippen molar-refractivity contribution < 1.29 is 9.53 Å². The van der Waals surface area contributed by atoms with Crippen LogP contribution in [0.25, 0.3) is 0 Å². The second kappa shape index (κ2) is 10.1. The summed E-state index contributed by atoms with van der Waals surface area (Å²) in [7, 11) is 2.18. The first-order valence-electron chi connectivity index (χ1n) is 13.5. The van der Waals surface area contributed by atoms with Gasteiger partial charge in [0.05, 0.1) is 10.6 Å². The van der Waals surface area contributed by atoms with Gasteiger partial charge in [0.1, 0.15) is 17.9 Å². The molecule has 5 rings (SSSR count). The maximum absolute atomic E-state index is 13.3. The molecule has 0 unspecified atom stereocenters. The number of nitrogens with zero attached hydrogens (tertiary/aromatic N) is 4. The van der Waals surface area contributed by atoms with E-state index in [1.807, 2.05) is 12.1 Å². The van der Waals surface area contributed by atoms with Crippen LogP contribution >= 0.6 is 11.6 Å². The summed E-state index contributed by atoms with van der Waals surface area (Å²) in [6, 6.07) is 15.8. The normalized spacial score (nSPS) is 25.1. The van der Waals surface area contributed by atoms with Gasteiger partial charge in [-0.3, -0.25) is 9.69 Å². The number of hydrogen-bond acceptors (Lipinski definition) is 6. The fraction of sp³-hybridized carbons (Fsp3) is 0.533. The quantitative estimate of drug-likeness (QED) is 0.596. The molecule has 1 N–H and O–H groups in total. The molecule has 202 valence electrons. The number of benzene rings is 2. The number of carbonyl (C=O) groups is 1. The number of likely N-dealkylation sites (N-methyl/N-ethyl adjacent to an activating group) is 1. The number of amides is 1. The molecule has 0 atom stereocenters. The topological polar surface area (TPSA) is 71.8 Å². The molecule has 1 saturated carbocycles. The standard InChI is InChI=1S/C30H38ClN5O2/c1-29(2)27(30(3,4)28(29)38-24-11-8-21(17-32)25(31)16-24)33-26(37)20-6-9-22(10-7-20)35-12-14-36(15-13-35)23-18-34(5)19-23/h6-11,16,23,27-28H,12-15,18-19H2,1-5H3,(H,33,37). The number of nitriles is 1. The van der Waals surface area contributed by atoms with Gasteiger partial charge in [-0.05, 0) is 43.4 Å². The van der Waals surface area contributed by atoms with E-state index in [2.05, 4.69) is 73.0 Å². The molecule has 2 aromatic rings. The van der Waals surface area contributed by atoms with Gasteiger partial charge in [-0.15, -0.1) is 0 Å². The molecule has 2 aromatic carbocycles. The van der Waals surface area contributed by atoms with Gasteiger partial charge in [0, 0.05) is 79.5 Å². The number of anilines is 1. The third-order valence-electron chi connectivity index (χ3n) is 8.80. The summed E-state index contributed by atoms with van der Waals surface area (Å²) in [6.45, 7) is 15.0. The zero-order valence-corrected chi connectivity index (χ0v) is 23.8. The highest BCUT2D eigenvalue weighted by Gasteiger charge is 2.64. The summed E-state index contributed by atoms with van der Waals surface area (Å²) in [5, 5.41) is 12.8. The van der Waals surface area contributed by atoms with E-state index in [1.165, 1.54) is 18.8 Å². The fourth-order valence-electron chi connectivity index (χ4n) is 6.88. The number of carbonyl (C=O) groups excluding carboxylic acids is 1. The molecule has 0 bridgehead atoms. The van der Waals surface area contributed by atoms with Crippen LogP contribution in [0.15, 0.2) is 42.5 Å². The van der Waals surface area contributed by atoms with Crippen molar-refractivity contribution in [2.45, 2.75) is 45.9 Å². The molecule has 38 heavy (non-hydrogen) atoms. The molecule has 0 radical (unpaired) electrons. The SMILES string of the molecule is CN1CC(N2CCN(c3ccc(C(=O)NC4C(C)(C)C(Oc5ccc(C#N)c(Cl)c5)C4(C)C)cc3)CC2)C1. The Morgan fingerprint density at radius 3 is 2.21 bits per heavy atom. The van der Waals surface area contributed by atoms with E-state index < -0.39 is 0 Å². The zero-order chi connectivity index (χ0) is 27.2. The van der Waals surface area contributed by atoms with Crippen LogP contribution in [-0.2, 0) is 0 Å². The highest BCUT2D eigenvalue weighted by Crippen LogP contribution is 2.55. The number of ether oxygens (including phenoxy) is 1. The van der Waals surface area contributed by atoms with E-state index in [0.717, 1.165) is 26.2 Å². The number of rotatable bonds is 6. The Balaban J connectivity index is 1.18. The van der Waals surface area contributed by atoms with Crippen molar-refractivity contribution in [1.82, 2.24) is 15.1 Å². The van der Waals surface area contributed by atoms with Gasteiger partial charge in [0.15, 0.2) is 0 Å². The maximum Gasteiger partial charge on any atom is 0.251 e. The first-order valence-corrected chi connectivity index (χ1v) is 13.8. The summed E-state index contributed by atoms with van der Waals surface area (Å²) >= 11 is 6.21. The molecule has 2 saturated heterocycles. The molecule has 0 aromatic heterocycles. The first kappa shape index (κ1) is 26.8. The number of likely N-dealkylation sites (tertiary alicyclic amines) is 1. The lowest BCUT2D eigenvalue weighted by atomic mass is 9.49. The van der Waals surface area contributed by atoms with Crippen LogP contribution in [0.5, 0.6) is 5.75 Å². The average Bonchev–Trinajstić information content (AvgIpc) is 2.88. The van der Waals surface area contributed by atoms with Crippen LogP contribution in [0.3, 0.4) is 0 Å². The smallest absolute Gasteiger partial charge is 0.251 e. The van der Waals surface area contributed by atoms with Crippen LogP contribution in [0.2, 0.25) is 5.02 Å². The highest BCUT2D eigenvalue weighted by molar-refractivity contribution is 6.31. The third kappa shape index (κ3) is 4.86. The summed E-state index contributed by atoms with van der Waals surface area (Å²) in [4.78, 5) is 20.6. The lowest BCUT2D eigenvalue weighted by Gasteiger charge is -2.63. The predicted molar refractivity (Wildman–Crippen MR) is 151 cm³/mol. The molecule has 3 aliphatic rings. The fourth-order valence-corrected chi connectivity index (χ4v) is 7.09. The Hall–Kier alpha value is -2.79. The maximum atomic E-state index is 13.3. The van der Waals surface area contributed by atoms with Crippen LogP contribution in [-0.4, -0.2) is 80.2 Å². The highest BCUT2D eigenvalue weighted by atomic mass is 35.5. The Morgan fingerprint density at radius 2 is 1.66 bits per heavy atom. The minimum absolute atomic E-state index is 0.0681.